The first-order valence-corrected chi connectivity index (χ1v) is 12.1. The Balaban J connectivity index is 1.73. The highest BCUT2D eigenvalue weighted by atomic mass is 32.2. The molecule has 0 saturated carbocycles. The van der Waals surface area contributed by atoms with Crippen LogP contribution in [0.25, 0.3) is 0 Å². The molecule has 3 saturated heterocycles. The third kappa shape index (κ3) is 4.51. The van der Waals surface area contributed by atoms with E-state index in [1.54, 1.807) is 0 Å². The minimum atomic E-state index is -0.599. The van der Waals surface area contributed by atoms with Crippen LogP contribution in [-0.2, 0) is 4.79 Å². The number of piperidine rings is 1. The van der Waals surface area contributed by atoms with Crippen LogP contribution in [0.5, 0.6) is 0 Å². The summed E-state index contributed by atoms with van der Waals surface area (Å²) < 4.78 is 0. The molecule has 160 valence electrons. The molecule has 0 aromatic heterocycles. The maximum atomic E-state index is 13.5. The lowest BCUT2D eigenvalue weighted by Gasteiger charge is -2.45. The van der Waals surface area contributed by atoms with Crippen molar-refractivity contribution in [2.24, 2.45) is 5.92 Å². The number of likely N-dealkylation sites (tertiary alicyclic amines) is 1. The molecule has 6 nitrogen and oxygen atoms in total. The Bertz CT molecular complexity index is 555. The third-order valence-electron chi connectivity index (χ3n) is 6.66. The summed E-state index contributed by atoms with van der Waals surface area (Å²) in [6.07, 6.45) is 5.05. The number of imide groups is 1. The van der Waals surface area contributed by atoms with Crippen LogP contribution in [-0.4, -0.2) is 101 Å². The fraction of sp³-hybridized carbons (Fsp3) is 0.905. The van der Waals surface area contributed by atoms with E-state index in [0.717, 1.165) is 38.9 Å². The molecule has 0 radical (unpaired) electrons. The summed E-state index contributed by atoms with van der Waals surface area (Å²) in [4.78, 5) is 34.8. The summed E-state index contributed by atoms with van der Waals surface area (Å²) in [5.41, 5.74) is -0.599. The molecule has 0 aromatic carbocycles. The molecule has 3 heterocycles. The molecular weight excluding hydrogens is 372 g/mol. The molecule has 28 heavy (non-hydrogen) atoms. The summed E-state index contributed by atoms with van der Waals surface area (Å²) in [6.45, 7) is 8.15. The van der Waals surface area contributed by atoms with E-state index in [4.69, 9.17) is 0 Å². The van der Waals surface area contributed by atoms with Gasteiger partial charge in [-0.1, -0.05) is 13.8 Å². The van der Waals surface area contributed by atoms with Crippen molar-refractivity contribution in [3.63, 3.8) is 0 Å². The Hall–Kier alpha value is -0.790. The van der Waals surface area contributed by atoms with Gasteiger partial charge in [0.05, 0.1) is 0 Å². The van der Waals surface area contributed by atoms with E-state index < -0.39 is 5.54 Å². The Morgan fingerprint density at radius 2 is 1.75 bits per heavy atom. The number of urea groups is 1. The first kappa shape index (κ1) is 21.9. The van der Waals surface area contributed by atoms with Gasteiger partial charge >= 0.3 is 6.03 Å². The topological polar surface area (TPSA) is 47.1 Å². The zero-order valence-electron chi connectivity index (χ0n) is 18.2. The van der Waals surface area contributed by atoms with Crippen molar-refractivity contribution in [2.45, 2.75) is 57.5 Å². The molecule has 0 atom stereocenters. The molecule has 0 bridgehead atoms. The zero-order valence-corrected chi connectivity index (χ0v) is 19.0. The standard InChI is InChI=1S/C21H38N4O2S/c1-17(2)5-10-25-20(27)24(14-13-22(3)4)19(26)21(25)8-11-23(12-9-21)18-6-15-28-16-7-18/h17-18H,5-16H2,1-4H3. The normalized spacial score (nSPS) is 24.4. The molecule has 0 aliphatic carbocycles. The van der Waals surface area contributed by atoms with Gasteiger partial charge in [0, 0.05) is 38.8 Å². The minimum Gasteiger partial charge on any atom is -0.309 e. The number of hydrogen-bond donors (Lipinski definition) is 0. The van der Waals surface area contributed by atoms with Crippen LogP contribution in [0.3, 0.4) is 0 Å². The SMILES string of the molecule is CC(C)CCN1C(=O)N(CCN(C)C)C(=O)C12CCN(C1CCSCC1)CC2. The Kier molecular flexibility index (Phi) is 7.32. The first-order valence-electron chi connectivity index (χ1n) is 11.0. The first-order chi connectivity index (χ1) is 13.3. The fourth-order valence-electron chi connectivity index (χ4n) is 4.77. The number of rotatable bonds is 7. The van der Waals surface area contributed by atoms with Gasteiger partial charge in [-0.25, -0.2) is 4.79 Å². The number of carbonyl (C=O) groups excluding carboxylic acids is 2. The summed E-state index contributed by atoms with van der Waals surface area (Å²) in [5, 5.41) is 0. The summed E-state index contributed by atoms with van der Waals surface area (Å²) in [6, 6.07) is 0.606. The van der Waals surface area contributed by atoms with Gasteiger partial charge < -0.3 is 14.7 Å². The average molecular weight is 411 g/mol. The van der Waals surface area contributed by atoms with E-state index in [0.29, 0.717) is 25.0 Å². The number of amides is 3. The van der Waals surface area contributed by atoms with Crippen molar-refractivity contribution < 1.29 is 9.59 Å². The number of nitrogens with zero attached hydrogens (tertiary/aromatic N) is 4. The lowest BCUT2D eigenvalue weighted by atomic mass is 9.84. The average Bonchev–Trinajstić information content (AvgIpc) is 2.86. The highest BCUT2D eigenvalue weighted by Gasteiger charge is 2.57. The van der Waals surface area contributed by atoms with Gasteiger partial charge in [0.1, 0.15) is 5.54 Å². The van der Waals surface area contributed by atoms with Crippen molar-refractivity contribution >= 4 is 23.7 Å². The van der Waals surface area contributed by atoms with Gasteiger partial charge in [-0.15, -0.1) is 0 Å². The number of hydrogen-bond acceptors (Lipinski definition) is 5. The molecule has 0 aromatic rings. The minimum absolute atomic E-state index is 0.0574. The second-order valence-electron chi connectivity index (χ2n) is 9.29. The smallest absolute Gasteiger partial charge is 0.309 e. The molecule has 0 unspecified atom stereocenters. The quantitative estimate of drug-likeness (QED) is 0.604. The highest BCUT2D eigenvalue weighted by Crippen LogP contribution is 2.39. The molecule has 3 aliphatic heterocycles. The highest BCUT2D eigenvalue weighted by molar-refractivity contribution is 7.99. The number of likely N-dealkylation sites (N-methyl/N-ethyl adjacent to an activating group) is 1. The molecule has 1 spiro atoms. The van der Waals surface area contributed by atoms with Gasteiger partial charge in [-0.2, -0.15) is 11.8 Å². The molecule has 0 N–H and O–H groups in total. The Morgan fingerprint density at radius 3 is 2.32 bits per heavy atom. The maximum Gasteiger partial charge on any atom is 0.327 e. The summed E-state index contributed by atoms with van der Waals surface area (Å²) in [5.74, 6) is 3.09. The van der Waals surface area contributed by atoms with E-state index in [1.807, 2.05) is 23.9 Å². The van der Waals surface area contributed by atoms with Crippen LogP contribution in [0, 0.1) is 5.92 Å². The molecule has 7 heteroatoms. The Morgan fingerprint density at radius 1 is 1.11 bits per heavy atom. The third-order valence-corrected chi connectivity index (χ3v) is 7.70. The van der Waals surface area contributed by atoms with Crippen LogP contribution < -0.4 is 0 Å². The number of carbonyl (C=O) groups is 2. The lowest BCUT2D eigenvalue weighted by molar-refractivity contribution is -0.136. The molecular formula is C21H38N4O2S. The monoisotopic (exact) mass is 410 g/mol. The van der Waals surface area contributed by atoms with E-state index in [-0.39, 0.29) is 11.9 Å². The summed E-state index contributed by atoms with van der Waals surface area (Å²) >= 11 is 2.06. The van der Waals surface area contributed by atoms with Crippen LogP contribution in [0.2, 0.25) is 0 Å². The van der Waals surface area contributed by atoms with Crippen molar-refractivity contribution in [2.75, 3.05) is 58.3 Å². The fourth-order valence-corrected chi connectivity index (χ4v) is 5.85. The van der Waals surface area contributed by atoms with Gasteiger partial charge in [0.15, 0.2) is 0 Å². The van der Waals surface area contributed by atoms with E-state index >= 15 is 0 Å². The largest absolute Gasteiger partial charge is 0.327 e. The van der Waals surface area contributed by atoms with Crippen LogP contribution >= 0.6 is 11.8 Å². The molecule has 3 amide bonds. The van der Waals surface area contributed by atoms with Crippen molar-refractivity contribution in [3.8, 4) is 0 Å². The maximum absolute atomic E-state index is 13.5. The van der Waals surface area contributed by atoms with E-state index in [1.165, 1.54) is 29.2 Å². The van der Waals surface area contributed by atoms with E-state index in [9.17, 15) is 9.59 Å². The van der Waals surface area contributed by atoms with Gasteiger partial charge in [-0.05, 0) is 63.6 Å². The lowest BCUT2D eigenvalue weighted by Crippen LogP contribution is -2.58. The van der Waals surface area contributed by atoms with Crippen molar-refractivity contribution in [3.05, 3.63) is 0 Å². The molecule has 3 rings (SSSR count). The Labute approximate surface area is 175 Å². The predicted octanol–water partition coefficient (Wildman–Crippen LogP) is 2.59. The van der Waals surface area contributed by atoms with Gasteiger partial charge in [-0.3, -0.25) is 9.69 Å². The van der Waals surface area contributed by atoms with Crippen LogP contribution in [0.15, 0.2) is 0 Å². The van der Waals surface area contributed by atoms with Crippen LogP contribution in [0.1, 0.15) is 46.0 Å². The zero-order chi connectivity index (χ0) is 20.3. The second-order valence-corrected chi connectivity index (χ2v) is 10.5. The van der Waals surface area contributed by atoms with Crippen molar-refractivity contribution in [1.82, 2.24) is 19.6 Å². The van der Waals surface area contributed by atoms with Gasteiger partial charge in [0.2, 0.25) is 0 Å². The predicted molar refractivity (Wildman–Crippen MR) is 116 cm³/mol. The van der Waals surface area contributed by atoms with E-state index in [2.05, 4.69) is 30.5 Å². The van der Waals surface area contributed by atoms with Gasteiger partial charge in [0.25, 0.3) is 5.91 Å². The van der Waals surface area contributed by atoms with Crippen molar-refractivity contribution in [1.29, 1.82) is 0 Å². The second kappa shape index (κ2) is 9.35. The summed E-state index contributed by atoms with van der Waals surface area (Å²) in [7, 11) is 3.97. The number of thioether (sulfide) groups is 1. The molecule has 3 aliphatic rings. The van der Waals surface area contributed by atoms with Crippen LogP contribution in [0.4, 0.5) is 4.79 Å². The molecule has 3 fully saturated rings.